The van der Waals surface area contributed by atoms with Gasteiger partial charge in [-0.1, -0.05) is 48.0 Å². The predicted octanol–water partition coefficient (Wildman–Crippen LogP) is 5.00. The molecular weight excluding hydrogens is 402 g/mol. The van der Waals surface area contributed by atoms with Crippen LogP contribution in [0.5, 0.6) is 0 Å². The summed E-state index contributed by atoms with van der Waals surface area (Å²) in [6.45, 7) is 3.52. The van der Waals surface area contributed by atoms with Crippen LogP contribution in [0.25, 0.3) is 22.9 Å². The van der Waals surface area contributed by atoms with Gasteiger partial charge in [0, 0.05) is 36.9 Å². The summed E-state index contributed by atoms with van der Waals surface area (Å²) in [6, 6.07) is 25.1. The van der Waals surface area contributed by atoms with Crippen molar-refractivity contribution in [3.63, 3.8) is 0 Å². The largest absolute Gasteiger partial charge is 0.416 e. The molecule has 1 aromatic heterocycles. The molecule has 0 saturated carbocycles. The summed E-state index contributed by atoms with van der Waals surface area (Å²) >= 11 is 0. The van der Waals surface area contributed by atoms with Gasteiger partial charge in [0.1, 0.15) is 0 Å². The number of aromatic nitrogens is 2. The summed E-state index contributed by atoms with van der Waals surface area (Å²) in [6.07, 6.45) is 0. The molecule has 6 nitrogen and oxygen atoms in total. The lowest BCUT2D eigenvalue weighted by Crippen LogP contribution is -2.33. The summed E-state index contributed by atoms with van der Waals surface area (Å²) in [5.74, 6) is 0.835. The molecule has 0 spiro atoms. The van der Waals surface area contributed by atoms with Crippen LogP contribution in [-0.2, 0) is 11.3 Å². The van der Waals surface area contributed by atoms with Gasteiger partial charge >= 0.3 is 0 Å². The molecule has 0 bridgehead atoms. The average Bonchev–Trinajstić information content (AvgIpc) is 3.32. The van der Waals surface area contributed by atoms with Crippen LogP contribution in [-0.4, -0.2) is 41.3 Å². The Morgan fingerprint density at radius 3 is 2.31 bits per heavy atom. The highest BCUT2D eigenvalue weighted by Crippen LogP contribution is 2.25. The molecule has 4 rings (SSSR count). The van der Waals surface area contributed by atoms with Crippen LogP contribution in [0.15, 0.2) is 83.3 Å². The Morgan fingerprint density at radius 1 is 0.906 bits per heavy atom. The average molecular weight is 428 g/mol. The monoisotopic (exact) mass is 427 g/mol. The predicted molar refractivity (Wildman–Crippen MR) is 123 cm³/mol. The number of hydrogen-bond donors (Lipinski definition) is 0. The first-order chi connectivity index (χ1) is 15.6. The normalized spacial score (nSPS) is 10.8. The van der Waals surface area contributed by atoms with Crippen LogP contribution < -0.4 is 0 Å². The molecule has 0 saturated heterocycles. The fourth-order valence-corrected chi connectivity index (χ4v) is 3.43. The summed E-state index contributed by atoms with van der Waals surface area (Å²) in [5.41, 5.74) is 4.44. The van der Waals surface area contributed by atoms with E-state index < -0.39 is 0 Å². The van der Waals surface area contributed by atoms with Crippen molar-refractivity contribution in [3.05, 3.63) is 95.6 Å². The molecule has 0 N–H and O–H groups in total. The summed E-state index contributed by atoms with van der Waals surface area (Å²) < 4.78 is 11.1. The Labute approximate surface area is 187 Å². The summed E-state index contributed by atoms with van der Waals surface area (Å²) in [7, 11) is 1.63. The third kappa shape index (κ3) is 5.10. The van der Waals surface area contributed by atoms with E-state index in [1.165, 1.54) is 0 Å². The number of ether oxygens (including phenoxy) is 1. The van der Waals surface area contributed by atoms with E-state index in [9.17, 15) is 4.79 Å². The van der Waals surface area contributed by atoms with Crippen molar-refractivity contribution in [2.75, 3.05) is 20.3 Å². The maximum atomic E-state index is 13.1. The number of carbonyl (C=O) groups excluding carboxylic acids is 1. The first-order valence-electron chi connectivity index (χ1n) is 10.5. The first kappa shape index (κ1) is 21.5. The zero-order valence-corrected chi connectivity index (χ0v) is 18.2. The van der Waals surface area contributed by atoms with E-state index in [1.54, 1.807) is 24.1 Å². The molecule has 0 aliphatic carbocycles. The second kappa shape index (κ2) is 10.0. The molecule has 0 atom stereocenters. The Kier molecular flexibility index (Phi) is 6.72. The Balaban J connectivity index is 1.51. The zero-order chi connectivity index (χ0) is 22.3. The number of nitrogens with zero attached hydrogens (tertiary/aromatic N) is 3. The number of aryl methyl sites for hydroxylation is 1. The fraction of sp³-hybridized carbons (Fsp3) is 0.192. The van der Waals surface area contributed by atoms with Crippen molar-refractivity contribution in [2.24, 2.45) is 0 Å². The highest BCUT2D eigenvalue weighted by atomic mass is 16.5. The Morgan fingerprint density at radius 2 is 1.62 bits per heavy atom. The van der Waals surface area contributed by atoms with E-state index in [1.807, 2.05) is 73.7 Å². The molecule has 3 aromatic carbocycles. The van der Waals surface area contributed by atoms with E-state index in [-0.39, 0.29) is 5.91 Å². The molecule has 0 aliphatic heterocycles. The molecule has 1 heterocycles. The molecule has 32 heavy (non-hydrogen) atoms. The molecule has 0 aliphatic rings. The fourth-order valence-electron chi connectivity index (χ4n) is 3.43. The van der Waals surface area contributed by atoms with Crippen LogP contribution in [0.2, 0.25) is 0 Å². The SMILES string of the molecule is COCCN(Cc1ccccc1)C(=O)c1ccc(-c2nnc(-c3cccc(C)c3)o2)cc1. The van der Waals surface area contributed by atoms with E-state index >= 15 is 0 Å². The molecule has 0 radical (unpaired) electrons. The molecule has 0 unspecified atom stereocenters. The number of methoxy groups -OCH3 is 1. The lowest BCUT2D eigenvalue weighted by atomic mass is 10.1. The van der Waals surface area contributed by atoms with Crippen molar-refractivity contribution >= 4 is 5.91 Å². The van der Waals surface area contributed by atoms with Gasteiger partial charge in [-0.3, -0.25) is 4.79 Å². The highest BCUT2D eigenvalue weighted by Gasteiger charge is 2.17. The second-order valence-corrected chi connectivity index (χ2v) is 7.56. The zero-order valence-electron chi connectivity index (χ0n) is 18.2. The van der Waals surface area contributed by atoms with E-state index in [4.69, 9.17) is 9.15 Å². The minimum absolute atomic E-state index is 0.0524. The summed E-state index contributed by atoms with van der Waals surface area (Å²) in [4.78, 5) is 14.9. The number of carbonyl (C=O) groups is 1. The smallest absolute Gasteiger partial charge is 0.254 e. The number of amides is 1. The standard InChI is InChI=1S/C26H25N3O3/c1-19-7-6-10-23(17-19)25-28-27-24(32-25)21-11-13-22(14-12-21)26(30)29(15-16-31-2)18-20-8-4-3-5-9-20/h3-14,17H,15-16,18H2,1-2H3. The van der Waals surface area contributed by atoms with Gasteiger partial charge in [0.25, 0.3) is 5.91 Å². The Bertz CT molecular complexity index is 1170. The van der Waals surface area contributed by atoms with Crippen molar-refractivity contribution in [1.82, 2.24) is 15.1 Å². The number of rotatable bonds is 8. The van der Waals surface area contributed by atoms with Crippen molar-refractivity contribution in [3.8, 4) is 22.9 Å². The van der Waals surface area contributed by atoms with Gasteiger partial charge in [0.15, 0.2) is 0 Å². The van der Waals surface area contributed by atoms with Crippen LogP contribution >= 0.6 is 0 Å². The van der Waals surface area contributed by atoms with E-state index in [0.29, 0.717) is 37.0 Å². The van der Waals surface area contributed by atoms with Crippen LogP contribution in [0, 0.1) is 6.92 Å². The molecule has 1 amide bonds. The minimum atomic E-state index is -0.0524. The molecule has 6 heteroatoms. The van der Waals surface area contributed by atoms with Gasteiger partial charge in [-0.05, 0) is 48.9 Å². The van der Waals surface area contributed by atoms with E-state index in [0.717, 1.165) is 22.3 Å². The van der Waals surface area contributed by atoms with Crippen molar-refractivity contribution < 1.29 is 13.9 Å². The van der Waals surface area contributed by atoms with Gasteiger partial charge in [-0.25, -0.2) is 0 Å². The number of hydrogen-bond acceptors (Lipinski definition) is 5. The quantitative estimate of drug-likeness (QED) is 0.396. The highest BCUT2D eigenvalue weighted by molar-refractivity contribution is 5.94. The lowest BCUT2D eigenvalue weighted by molar-refractivity contribution is 0.0680. The third-order valence-corrected chi connectivity index (χ3v) is 5.14. The van der Waals surface area contributed by atoms with Crippen molar-refractivity contribution in [2.45, 2.75) is 13.5 Å². The molecular formula is C26H25N3O3. The van der Waals surface area contributed by atoms with Gasteiger partial charge in [0.2, 0.25) is 11.8 Å². The van der Waals surface area contributed by atoms with Gasteiger partial charge in [-0.15, -0.1) is 10.2 Å². The van der Waals surface area contributed by atoms with Gasteiger partial charge in [0.05, 0.1) is 6.61 Å². The first-order valence-corrected chi connectivity index (χ1v) is 10.5. The lowest BCUT2D eigenvalue weighted by Gasteiger charge is -2.22. The van der Waals surface area contributed by atoms with Crippen LogP contribution in [0.3, 0.4) is 0 Å². The van der Waals surface area contributed by atoms with Crippen LogP contribution in [0.4, 0.5) is 0 Å². The number of benzene rings is 3. The second-order valence-electron chi connectivity index (χ2n) is 7.56. The van der Waals surface area contributed by atoms with E-state index in [2.05, 4.69) is 10.2 Å². The molecule has 4 aromatic rings. The maximum Gasteiger partial charge on any atom is 0.254 e. The minimum Gasteiger partial charge on any atom is -0.416 e. The maximum absolute atomic E-state index is 13.1. The topological polar surface area (TPSA) is 68.5 Å². The van der Waals surface area contributed by atoms with Gasteiger partial charge < -0.3 is 14.1 Å². The van der Waals surface area contributed by atoms with Crippen LogP contribution in [0.1, 0.15) is 21.5 Å². The molecule has 0 fully saturated rings. The van der Waals surface area contributed by atoms with Gasteiger partial charge in [-0.2, -0.15) is 0 Å². The Hall–Kier alpha value is -3.77. The molecule has 162 valence electrons. The third-order valence-electron chi connectivity index (χ3n) is 5.14. The van der Waals surface area contributed by atoms with Crippen molar-refractivity contribution in [1.29, 1.82) is 0 Å². The summed E-state index contributed by atoms with van der Waals surface area (Å²) in [5, 5.41) is 8.33.